The molecule has 0 saturated carbocycles. The first-order chi connectivity index (χ1) is 20.1. The lowest BCUT2D eigenvalue weighted by Crippen LogP contribution is -2.48. The van der Waals surface area contributed by atoms with Crippen LogP contribution in [0.5, 0.6) is 5.75 Å². The van der Waals surface area contributed by atoms with E-state index in [0.717, 1.165) is 0 Å². The molecule has 14 heteroatoms. The van der Waals surface area contributed by atoms with Crippen LogP contribution in [-0.4, -0.2) is 90.7 Å². The van der Waals surface area contributed by atoms with Gasteiger partial charge in [-0.15, -0.1) is 0 Å². The van der Waals surface area contributed by atoms with Crippen LogP contribution < -0.4 is 15.8 Å². The van der Waals surface area contributed by atoms with Gasteiger partial charge >= 0.3 is 6.09 Å². The highest BCUT2D eigenvalue weighted by molar-refractivity contribution is 7.89. The fraction of sp³-hybridized carbons (Fsp3) is 0.429. The van der Waals surface area contributed by atoms with E-state index in [2.05, 4.69) is 10.3 Å². The maximum absolute atomic E-state index is 14.1. The van der Waals surface area contributed by atoms with Gasteiger partial charge in [0.25, 0.3) is 5.91 Å². The number of hydrogen-bond donors (Lipinski definition) is 4. The van der Waals surface area contributed by atoms with E-state index in [4.69, 9.17) is 26.8 Å². The van der Waals surface area contributed by atoms with Gasteiger partial charge in [-0.3, -0.25) is 4.79 Å². The number of fused-ring (bicyclic) bond motifs is 1. The lowest BCUT2D eigenvalue weighted by molar-refractivity contribution is -0.0249. The van der Waals surface area contributed by atoms with E-state index in [1.54, 1.807) is 18.2 Å². The number of nitrogens with two attached hydrogens (primary N) is 1. The fourth-order valence-electron chi connectivity index (χ4n) is 5.68. The van der Waals surface area contributed by atoms with Crippen molar-refractivity contribution in [1.82, 2.24) is 14.2 Å². The number of H-pyrrole nitrogens is 1. The van der Waals surface area contributed by atoms with Crippen LogP contribution in [0.4, 0.5) is 10.5 Å². The van der Waals surface area contributed by atoms with Crippen molar-refractivity contribution >= 4 is 50.2 Å². The summed E-state index contributed by atoms with van der Waals surface area (Å²) in [7, 11) is -4.23. The number of likely N-dealkylation sites (tertiary alicyclic amines) is 1. The monoisotopic (exact) mass is 619 g/mol. The molecule has 2 aliphatic heterocycles. The number of para-hydroxylation sites is 1. The molecule has 226 valence electrons. The van der Waals surface area contributed by atoms with Crippen molar-refractivity contribution in [3.8, 4) is 5.75 Å². The topological polar surface area (TPSA) is 167 Å². The van der Waals surface area contributed by atoms with E-state index in [-0.39, 0.29) is 59.4 Å². The zero-order chi connectivity index (χ0) is 30.0. The zero-order valence-corrected chi connectivity index (χ0v) is 24.7. The quantitative estimate of drug-likeness (QED) is 0.281. The number of aromatic nitrogens is 1. The molecule has 2 fully saturated rings. The van der Waals surface area contributed by atoms with Gasteiger partial charge in [-0.1, -0.05) is 36.7 Å². The fourth-order valence-corrected chi connectivity index (χ4v) is 7.68. The van der Waals surface area contributed by atoms with Gasteiger partial charge in [0.05, 0.1) is 17.8 Å². The average Bonchev–Trinajstić information content (AvgIpc) is 3.37. The number of carbonyl (C=O) groups is 2. The number of aromatic amines is 1. The Bertz CT molecular complexity index is 1570. The minimum absolute atomic E-state index is 0.0201. The van der Waals surface area contributed by atoms with Crippen molar-refractivity contribution in [2.75, 3.05) is 38.2 Å². The number of sulfonamides is 1. The third kappa shape index (κ3) is 6.14. The first-order valence-electron chi connectivity index (χ1n) is 13.8. The highest BCUT2D eigenvalue weighted by Crippen LogP contribution is 2.37. The predicted octanol–water partition coefficient (Wildman–Crippen LogP) is 3.72. The molecule has 1 aromatic heterocycles. The second-order valence-corrected chi connectivity index (χ2v) is 12.8. The third-order valence-electron chi connectivity index (χ3n) is 7.74. The SMILES string of the molecule is CC[C@H]1CC(Nc2cc(Cl)cc3c(S(=O)(=O)N4CCOC(COc5ccccc5)C4)c(C(N)=O)[nH]c23)CCN1C(=O)O. The summed E-state index contributed by atoms with van der Waals surface area (Å²) in [5, 5.41) is 13.4. The minimum atomic E-state index is -4.23. The van der Waals surface area contributed by atoms with Gasteiger partial charge in [0.1, 0.15) is 29.0 Å². The molecule has 0 aliphatic carbocycles. The molecule has 3 heterocycles. The number of ether oxygens (including phenoxy) is 2. The number of benzene rings is 2. The molecule has 2 aromatic carbocycles. The van der Waals surface area contributed by atoms with E-state index < -0.39 is 28.1 Å². The first-order valence-corrected chi connectivity index (χ1v) is 15.6. The van der Waals surface area contributed by atoms with Gasteiger partial charge in [0.15, 0.2) is 0 Å². The maximum atomic E-state index is 14.1. The van der Waals surface area contributed by atoms with Crippen LogP contribution in [-0.2, 0) is 14.8 Å². The number of nitrogens with zero attached hydrogens (tertiary/aromatic N) is 2. The van der Waals surface area contributed by atoms with Gasteiger partial charge in [-0.25, -0.2) is 13.2 Å². The maximum Gasteiger partial charge on any atom is 0.407 e. The summed E-state index contributed by atoms with van der Waals surface area (Å²) in [5.41, 5.74) is 6.31. The van der Waals surface area contributed by atoms with E-state index >= 15 is 0 Å². The third-order valence-corrected chi connectivity index (χ3v) is 9.91. The van der Waals surface area contributed by atoms with E-state index in [1.807, 2.05) is 25.1 Å². The van der Waals surface area contributed by atoms with Crippen LogP contribution in [0, 0.1) is 0 Å². The Morgan fingerprint density at radius 1 is 1.24 bits per heavy atom. The van der Waals surface area contributed by atoms with Crippen molar-refractivity contribution in [2.24, 2.45) is 5.73 Å². The number of rotatable bonds is 9. The number of carboxylic acid groups (broad SMARTS) is 1. The number of nitrogens with one attached hydrogen (secondary N) is 2. The van der Waals surface area contributed by atoms with Gasteiger partial charge in [-0.05, 0) is 43.5 Å². The molecule has 5 N–H and O–H groups in total. The number of amides is 2. The Labute approximate surface area is 248 Å². The average molecular weight is 620 g/mol. The number of piperidine rings is 1. The standard InChI is InChI=1S/C28H34ClN5O7S/c1-2-19-14-18(8-9-34(19)28(36)37)31-23-13-17(29)12-22-24(23)32-25(27(30)35)26(22)42(38,39)33-10-11-40-21(15-33)16-41-20-6-4-3-5-7-20/h3-7,12-13,18-19,21,31-32H,2,8-11,14-16H2,1H3,(H2,30,35)(H,36,37)/t18?,19-,21?/m0/s1. The minimum Gasteiger partial charge on any atom is -0.491 e. The van der Waals surface area contributed by atoms with Gasteiger partial charge in [0, 0.05) is 42.1 Å². The molecule has 0 bridgehead atoms. The van der Waals surface area contributed by atoms with Crippen LogP contribution in [0.1, 0.15) is 36.7 Å². The second-order valence-electron chi connectivity index (χ2n) is 10.5. The van der Waals surface area contributed by atoms with E-state index in [0.29, 0.717) is 42.8 Å². The highest BCUT2D eigenvalue weighted by Gasteiger charge is 2.37. The van der Waals surface area contributed by atoms with Crippen molar-refractivity contribution in [3.63, 3.8) is 0 Å². The molecule has 2 amide bonds. The van der Waals surface area contributed by atoms with E-state index in [9.17, 15) is 23.1 Å². The van der Waals surface area contributed by atoms with Crippen molar-refractivity contribution in [3.05, 3.63) is 53.2 Å². The summed E-state index contributed by atoms with van der Waals surface area (Å²) in [6.45, 7) is 2.70. The summed E-state index contributed by atoms with van der Waals surface area (Å²) in [6, 6.07) is 12.0. The first kappa shape index (κ1) is 30.0. The summed E-state index contributed by atoms with van der Waals surface area (Å²) in [4.78, 5) is 28.3. The summed E-state index contributed by atoms with van der Waals surface area (Å²) in [6.07, 6.45) is 0.285. The predicted molar refractivity (Wildman–Crippen MR) is 158 cm³/mol. The Hall–Kier alpha value is -3.52. The molecule has 3 aromatic rings. The molecule has 2 unspecified atom stereocenters. The molecule has 12 nitrogen and oxygen atoms in total. The normalized spacial score (nSPS) is 21.8. The van der Waals surface area contributed by atoms with Crippen LogP contribution in [0.2, 0.25) is 5.02 Å². The van der Waals surface area contributed by atoms with Crippen molar-refractivity contribution in [2.45, 2.75) is 49.3 Å². The van der Waals surface area contributed by atoms with Crippen LogP contribution in [0.25, 0.3) is 10.9 Å². The molecule has 5 rings (SSSR count). The highest BCUT2D eigenvalue weighted by atomic mass is 35.5. The van der Waals surface area contributed by atoms with Crippen molar-refractivity contribution in [1.29, 1.82) is 0 Å². The molecule has 3 atom stereocenters. The number of halogens is 1. The largest absolute Gasteiger partial charge is 0.491 e. The zero-order valence-electron chi connectivity index (χ0n) is 23.1. The molecule has 0 spiro atoms. The molecular weight excluding hydrogens is 586 g/mol. The Morgan fingerprint density at radius 2 is 2.00 bits per heavy atom. The van der Waals surface area contributed by atoms with E-state index in [1.165, 1.54) is 15.3 Å². The number of morpholine rings is 1. The summed E-state index contributed by atoms with van der Waals surface area (Å²) in [5.74, 6) is -0.285. The lowest BCUT2D eigenvalue weighted by atomic mass is 9.95. The smallest absolute Gasteiger partial charge is 0.407 e. The number of anilines is 1. The van der Waals surface area contributed by atoms with Crippen LogP contribution in [0.3, 0.4) is 0 Å². The van der Waals surface area contributed by atoms with Gasteiger partial charge < -0.3 is 35.5 Å². The Morgan fingerprint density at radius 3 is 2.69 bits per heavy atom. The molecule has 2 aliphatic rings. The number of primary amides is 1. The summed E-state index contributed by atoms with van der Waals surface area (Å²) >= 11 is 6.48. The summed E-state index contributed by atoms with van der Waals surface area (Å²) < 4.78 is 41.0. The Balaban J connectivity index is 1.44. The van der Waals surface area contributed by atoms with Crippen LogP contribution >= 0.6 is 11.6 Å². The number of hydrogen-bond acceptors (Lipinski definition) is 7. The number of carbonyl (C=O) groups excluding carboxylic acids is 1. The molecule has 0 radical (unpaired) electrons. The molecule has 42 heavy (non-hydrogen) atoms. The van der Waals surface area contributed by atoms with Crippen molar-refractivity contribution < 1.29 is 32.6 Å². The van der Waals surface area contributed by atoms with Crippen LogP contribution in [0.15, 0.2) is 47.4 Å². The molecular formula is C28H34ClN5O7S. The van der Waals surface area contributed by atoms with Gasteiger partial charge in [0.2, 0.25) is 10.0 Å². The second kappa shape index (κ2) is 12.4. The molecule has 2 saturated heterocycles. The lowest BCUT2D eigenvalue weighted by Gasteiger charge is -2.38. The van der Waals surface area contributed by atoms with Gasteiger partial charge in [-0.2, -0.15) is 4.31 Å². The Kier molecular flexibility index (Phi) is 8.83.